The summed E-state index contributed by atoms with van der Waals surface area (Å²) < 4.78 is 4.34. The molecule has 2 heterocycles. The van der Waals surface area contributed by atoms with Gasteiger partial charge >= 0.3 is 11.9 Å². The molecule has 0 saturated heterocycles. The molecule has 0 saturated carbocycles. The lowest BCUT2D eigenvalue weighted by Gasteiger charge is -2.16. The molecule has 0 fully saturated rings. The van der Waals surface area contributed by atoms with Gasteiger partial charge in [-0.3, -0.25) is 9.59 Å². The highest BCUT2D eigenvalue weighted by molar-refractivity contribution is 5.93. The fraction of sp³-hybridized carbons (Fsp3) is 0.222. The minimum Gasteiger partial charge on any atom is -0.481 e. The Hall–Kier alpha value is -5.24. The van der Waals surface area contributed by atoms with Gasteiger partial charge in [-0.1, -0.05) is 67.6 Å². The smallest absolute Gasteiger partial charge is 0.318 e. The Labute approximate surface area is 255 Å². The number of hydrogen-bond acceptors (Lipinski definition) is 4. The van der Waals surface area contributed by atoms with Crippen molar-refractivity contribution in [2.24, 2.45) is 13.0 Å². The number of aryl methyl sites for hydroxylation is 3. The van der Waals surface area contributed by atoms with Crippen LogP contribution in [0.25, 0.3) is 44.6 Å². The van der Waals surface area contributed by atoms with Gasteiger partial charge in [0.05, 0.1) is 22.1 Å². The van der Waals surface area contributed by atoms with Gasteiger partial charge in [0, 0.05) is 25.6 Å². The molecule has 8 heteroatoms. The minimum atomic E-state index is -1.55. The number of imidazole rings is 2. The first-order valence-corrected chi connectivity index (χ1v) is 14.8. The molecule has 0 atom stereocenters. The highest BCUT2D eigenvalue weighted by atomic mass is 16.4. The number of rotatable bonds is 10. The second kappa shape index (κ2) is 11.8. The second-order valence-electron chi connectivity index (χ2n) is 11.3. The SMILES string of the molecule is CCCc1nc2c(C)cc(-c3nc4ccccc4n3C)cc2n1Cc1ccc(-c2ccccc2)c(CC(C(=O)O)C(=O)O)c1. The zero-order valence-corrected chi connectivity index (χ0v) is 25.0. The predicted octanol–water partition coefficient (Wildman–Crippen LogP) is 6.89. The van der Waals surface area contributed by atoms with Crippen LogP contribution in [0.5, 0.6) is 0 Å². The van der Waals surface area contributed by atoms with Crippen LogP contribution in [0, 0.1) is 12.8 Å². The summed E-state index contributed by atoms with van der Waals surface area (Å²) in [4.78, 5) is 33.7. The van der Waals surface area contributed by atoms with Crippen LogP contribution in [0.3, 0.4) is 0 Å². The fourth-order valence-corrected chi connectivity index (χ4v) is 6.06. The van der Waals surface area contributed by atoms with Crippen LogP contribution in [0.1, 0.15) is 35.9 Å². The van der Waals surface area contributed by atoms with Crippen LogP contribution in [0.2, 0.25) is 0 Å². The highest BCUT2D eigenvalue weighted by Crippen LogP contribution is 2.32. The minimum absolute atomic E-state index is 0.120. The number of carboxylic acids is 2. The molecular formula is C36H34N4O4. The first-order chi connectivity index (χ1) is 21.2. The van der Waals surface area contributed by atoms with E-state index in [4.69, 9.17) is 9.97 Å². The standard InChI is InChI=1S/C36H34N4O4/c1-4-10-32-38-33-22(2)17-26(34-37-29-13-8-9-14-30(29)39(34)3)20-31(33)40(32)21-23-15-16-27(24-11-6-5-7-12-24)25(18-23)19-28(35(41)42)36(43)44/h5-9,11-18,20,28H,4,10,19,21H2,1-3H3,(H,41,42)(H,43,44). The highest BCUT2D eigenvalue weighted by Gasteiger charge is 2.27. The Morgan fingerprint density at radius 3 is 2.27 bits per heavy atom. The quantitative estimate of drug-likeness (QED) is 0.169. The zero-order valence-electron chi connectivity index (χ0n) is 25.0. The second-order valence-corrected chi connectivity index (χ2v) is 11.3. The van der Waals surface area contributed by atoms with Gasteiger partial charge < -0.3 is 19.3 Å². The lowest BCUT2D eigenvalue weighted by molar-refractivity contribution is -0.154. The fourth-order valence-electron chi connectivity index (χ4n) is 6.06. The van der Waals surface area contributed by atoms with E-state index < -0.39 is 17.9 Å². The van der Waals surface area contributed by atoms with Gasteiger partial charge in [0.1, 0.15) is 11.6 Å². The van der Waals surface area contributed by atoms with E-state index in [0.717, 1.165) is 74.4 Å². The van der Waals surface area contributed by atoms with E-state index in [0.29, 0.717) is 12.1 Å². The largest absolute Gasteiger partial charge is 0.481 e. The normalized spacial score (nSPS) is 11.5. The summed E-state index contributed by atoms with van der Waals surface area (Å²) in [5.74, 6) is -2.40. The molecule has 4 aromatic carbocycles. The van der Waals surface area contributed by atoms with Crippen molar-refractivity contribution in [2.45, 2.75) is 39.7 Å². The van der Waals surface area contributed by atoms with Gasteiger partial charge in [-0.15, -0.1) is 0 Å². The number of benzene rings is 4. The molecule has 2 N–H and O–H groups in total. The van der Waals surface area contributed by atoms with E-state index in [1.807, 2.05) is 73.8 Å². The van der Waals surface area contributed by atoms with E-state index >= 15 is 0 Å². The summed E-state index contributed by atoms with van der Waals surface area (Å²) in [7, 11) is 2.03. The van der Waals surface area contributed by atoms with Crippen molar-refractivity contribution in [3.63, 3.8) is 0 Å². The summed E-state index contributed by atoms with van der Waals surface area (Å²) in [6.07, 6.45) is 1.60. The maximum Gasteiger partial charge on any atom is 0.318 e. The molecule has 0 aliphatic rings. The van der Waals surface area contributed by atoms with Gasteiger partial charge in [0.2, 0.25) is 0 Å². The Balaban J connectivity index is 1.47. The Morgan fingerprint density at radius 1 is 0.841 bits per heavy atom. The van der Waals surface area contributed by atoms with E-state index in [9.17, 15) is 19.8 Å². The van der Waals surface area contributed by atoms with Crippen molar-refractivity contribution in [1.29, 1.82) is 0 Å². The molecule has 0 aliphatic carbocycles. The third kappa shape index (κ3) is 5.35. The molecule has 0 bridgehead atoms. The Morgan fingerprint density at radius 2 is 1.57 bits per heavy atom. The lowest BCUT2D eigenvalue weighted by atomic mass is 9.90. The summed E-state index contributed by atoms with van der Waals surface area (Å²) in [5.41, 5.74) is 9.36. The van der Waals surface area contributed by atoms with Crippen molar-refractivity contribution in [2.75, 3.05) is 0 Å². The van der Waals surface area contributed by atoms with Crippen LogP contribution >= 0.6 is 0 Å². The number of fused-ring (bicyclic) bond motifs is 2. The molecule has 0 spiro atoms. The monoisotopic (exact) mass is 586 g/mol. The van der Waals surface area contributed by atoms with Crippen molar-refractivity contribution >= 4 is 34.0 Å². The molecule has 0 amide bonds. The number of aromatic nitrogens is 4. The van der Waals surface area contributed by atoms with Gasteiger partial charge in [0.25, 0.3) is 0 Å². The van der Waals surface area contributed by atoms with Gasteiger partial charge in [0.15, 0.2) is 5.92 Å². The maximum absolute atomic E-state index is 11.9. The number of carbonyl (C=O) groups is 2. The third-order valence-corrected chi connectivity index (χ3v) is 8.26. The number of nitrogens with zero attached hydrogens (tertiary/aromatic N) is 4. The first kappa shape index (κ1) is 28.9. The first-order valence-electron chi connectivity index (χ1n) is 14.8. The topological polar surface area (TPSA) is 110 Å². The lowest BCUT2D eigenvalue weighted by Crippen LogP contribution is -2.25. The van der Waals surface area contributed by atoms with Crippen LogP contribution in [0.15, 0.2) is 84.9 Å². The van der Waals surface area contributed by atoms with Crippen LogP contribution in [0.4, 0.5) is 0 Å². The molecule has 0 radical (unpaired) electrons. The number of para-hydroxylation sites is 2. The average Bonchev–Trinajstić information content (AvgIpc) is 3.53. The van der Waals surface area contributed by atoms with Crippen LogP contribution < -0.4 is 0 Å². The van der Waals surface area contributed by atoms with Crippen molar-refractivity contribution < 1.29 is 19.8 Å². The van der Waals surface area contributed by atoms with Crippen molar-refractivity contribution in [1.82, 2.24) is 19.1 Å². The van der Waals surface area contributed by atoms with Gasteiger partial charge in [-0.05, 0) is 71.8 Å². The molecule has 6 aromatic rings. The number of hydrogen-bond donors (Lipinski definition) is 2. The van der Waals surface area contributed by atoms with E-state index in [2.05, 4.69) is 41.2 Å². The molecule has 44 heavy (non-hydrogen) atoms. The summed E-state index contributed by atoms with van der Waals surface area (Å²) in [5, 5.41) is 19.3. The summed E-state index contributed by atoms with van der Waals surface area (Å²) in [6.45, 7) is 4.71. The molecule has 0 aliphatic heterocycles. The Bertz CT molecular complexity index is 2010. The molecule has 0 unspecified atom stereocenters. The number of carboxylic acid groups (broad SMARTS) is 2. The van der Waals surface area contributed by atoms with E-state index in [-0.39, 0.29) is 6.42 Å². The molecule has 222 valence electrons. The van der Waals surface area contributed by atoms with Crippen molar-refractivity contribution in [3.8, 4) is 22.5 Å². The van der Waals surface area contributed by atoms with Crippen LogP contribution in [-0.4, -0.2) is 41.3 Å². The van der Waals surface area contributed by atoms with E-state index in [1.54, 1.807) is 0 Å². The van der Waals surface area contributed by atoms with Crippen LogP contribution in [-0.2, 0) is 36.0 Å². The predicted molar refractivity (Wildman–Crippen MR) is 172 cm³/mol. The maximum atomic E-state index is 11.9. The molecule has 6 rings (SSSR count). The Kier molecular flexibility index (Phi) is 7.74. The van der Waals surface area contributed by atoms with Gasteiger partial charge in [-0.25, -0.2) is 9.97 Å². The third-order valence-electron chi connectivity index (χ3n) is 8.26. The number of aliphatic carboxylic acids is 2. The summed E-state index contributed by atoms with van der Waals surface area (Å²) in [6, 6.07) is 28.0. The summed E-state index contributed by atoms with van der Waals surface area (Å²) >= 11 is 0. The zero-order chi connectivity index (χ0) is 31.0. The molecular weight excluding hydrogens is 552 g/mol. The molecule has 2 aromatic heterocycles. The average molecular weight is 587 g/mol. The van der Waals surface area contributed by atoms with Crippen molar-refractivity contribution in [3.05, 3.63) is 107 Å². The van der Waals surface area contributed by atoms with E-state index in [1.165, 1.54) is 0 Å². The van der Waals surface area contributed by atoms with Gasteiger partial charge in [-0.2, -0.15) is 0 Å². The molecule has 8 nitrogen and oxygen atoms in total.